The average Bonchev–Trinajstić information content (AvgIpc) is 3.09. The summed E-state index contributed by atoms with van der Waals surface area (Å²) in [5.41, 5.74) is 2.74. The van der Waals surface area contributed by atoms with Crippen LogP contribution in [0.5, 0.6) is 0 Å². The monoisotopic (exact) mass is 475 g/mol. The maximum atomic E-state index is 14.4. The van der Waals surface area contributed by atoms with Gasteiger partial charge in [-0.05, 0) is 37.6 Å². The summed E-state index contributed by atoms with van der Waals surface area (Å²) in [6, 6.07) is 11.4. The maximum Gasteiger partial charge on any atom is 0.260 e. The van der Waals surface area contributed by atoms with E-state index in [4.69, 9.17) is 0 Å². The standard InChI is InChI=1S/C23H26FN3O3S2/c1-5-27(6-2)32(29,30)18-11-12-20(24)19(14-18)22(28)26-23-25-16(4)21(31-23)13-17-9-7-15(3)8-10-17/h7-12,14H,5-6,13H2,1-4H3,(H,25,26,28). The van der Waals surface area contributed by atoms with E-state index in [1.165, 1.54) is 27.3 Å². The Hall–Kier alpha value is -2.62. The Bertz CT molecular complexity index is 1220. The van der Waals surface area contributed by atoms with E-state index in [9.17, 15) is 17.6 Å². The lowest BCUT2D eigenvalue weighted by atomic mass is 10.1. The van der Waals surface area contributed by atoms with Gasteiger partial charge in [0.25, 0.3) is 5.91 Å². The van der Waals surface area contributed by atoms with Crippen molar-refractivity contribution in [1.29, 1.82) is 0 Å². The Morgan fingerprint density at radius 1 is 1.09 bits per heavy atom. The molecule has 0 unspecified atom stereocenters. The number of halogens is 1. The highest BCUT2D eigenvalue weighted by molar-refractivity contribution is 7.89. The third-order valence-corrected chi connectivity index (χ3v) is 8.24. The van der Waals surface area contributed by atoms with Crippen LogP contribution in [0, 0.1) is 19.7 Å². The van der Waals surface area contributed by atoms with Crippen LogP contribution in [-0.2, 0) is 16.4 Å². The molecule has 1 aromatic heterocycles. The van der Waals surface area contributed by atoms with Crippen molar-refractivity contribution in [1.82, 2.24) is 9.29 Å². The minimum Gasteiger partial charge on any atom is -0.298 e. The van der Waals surface area contributed by atoms with Crippen LogP contribution in [0.15, 0.2) is 47.4 Å². The fraction of sp³-hybridized carbons (Fsp3) is 0.304. The molecule has 32 heavy (non-hydrogen) atoms. The normalized spacial score (nSPS) is 11.7. The average molecular weight is 476 g/mol. The number of nitrogens with one attached hydrogen (secondary N) is 1. The molecule has 0 bridgehead atoms. The first kappa shape index (κ1) is 24.0. The van der Waals surface area contributed by atoms with Crippen LogP contribution in [0.25, 0.3) is 0 Å². The Morgan fingerprint density at radius 3 is 2.38 bits per heavy atom. The number of hydrogen-bond acceptors (Lipinski definition) is 5. The molecule has 3 aromatic rings. The van der Waals surface area contributed by atoms with Crippen LogP contribution in [-0.4, -0.2) is 36.7 Å². The Labute approximate surface area is 192 Å². The topological polar surface area (TPSA) is 79.4 Å². The van der Waals surface area contributed by atoms with E-state index in [1.54, 1.807) is 13.8 Å². The first-order valence-electron chi connectivity index (χ1n) is 10.3. The molecule has 0 spiro atoms. The van der Waals surface area contributed by atoms with E-state index in [-0.39, 0.29) is 23.5 Å². The Balaban J connectivity index is 1.82. The second-order valence-electron chi connectivity index (χ2n) is 7.38. The van der Waals surface area contributed by atoms with Gasteiger partial charge >= 0.3 is 0 Å². The van der Waals surface area contributed by atoms with Gasteiger partial charge in [0, 0.05) is 24.4 Å². The summed E-state index contributed by atoms with van der Waals surface area (Å²) >= 11 is 1.32. The maximum absolute atomic E-state index is 14.4. The van der Waals surface area contributed by atoms with E-state index >= 15 is 0 Å². The molecule has 0 radical (unpaired) electrons. The van der Waals surface area contributed by atoms with Gasteiger partial charge < -0.3 is 0 Å². The first-order valence-corrected chi connectivity index (χ1v) is 12.5. The van der Waals surface area contributed by atoms with Crippen molar-refractivity contribution < 1.29 is 17.6 Å². The lowest BCUT2D eigenvalue weighted by Crippen LogP contribution is -2.31. The van der Waals surface area contributed by atoms with Crippen molar-refractivity contribution in [3.05, 3.63) is 75.5 Å². The number of rotatable bonds is 8. The SMILES string of the molecule is CCN(CC)S(=O)(=O)c1ccc(F)c(C(=O)Nc2nc(C)c(Cc3ccc(C)cc3)s2)c1. The van der Waals surface area contributed by atoms with Gasteiger partial charge in [0.05, 0.1) is 16.2 Å². The van der Waals surface area contributed by atoms with Gasteiger partial charge in [-0.15, -0.1) is 11.3 Å². The minimum atomic E-state index is -3.81. The molecule has 1 amide bonds. The molecular weight excluding hydrogens is 449 g/mol. The van der Waals surface area contributed by atoms with Crippen molar-refractivity contribution in [2.75, 3.05) is 18.4 Å². The van der Waals surface area contributed by atoms with Crippen LogP contribution < -0.4 is 5.32 Å². The molecule has 0 saturated heterocycles. The molecule has 0 atom stereocenters. The van der Waals surface area contributed by atoms with Crippen LogP contribution in [0.1, 0.15) is 45.9 Å². The molecule has 0 fully saturated rings. The number of nitrogens with zero attached hydrogens (tertiary/aromatic N) is 2. The van der Waals surface area contributed by atoms with Crippen molar-refractivity contribution in [3.8, 4) is 0 Å². The fourth-order valence-electron chi connectivity index (χ4n) is 3.25. The lowest BCUT2D eigenvalue weighted by molar-refractivity contribution is 0.102. The van der Waals surface area contributed by atoms with E-state index in [0.717, 1.165) is 28.3 Å². The van der Waals surface area contributed by atoms with Crippen LogP contribution in [0.2, 0.25) is 0 Å². The predicted molar refractivity (Wildman–Crippen MR) is 125 cm³/mol. The van der Waals surface area contributed by atoms with Gasteiger partial charge in [0.2, 0.25) is 10.0 Å². The highest BCUT2D eigenvalue weighted by Gasteiger charge is 2.24. The van der Waals surface area contributed by atoms with Gasteiger partial charge in [0.1, 0.15) is 5.82 Å². The summed E-state index contributed by atoms with van der Waals surface area (Å²) in [4.78, 5) is 18.0. The second-order valence-corrected chi connectivity index (χ2v) is 10.4. The number of thiazole rings is 1. The van der Waals surface area contributed by atoms with Crippen molar-refractivity contribution in [2.45, 2.75) is 39.0 Å². The predicted octanol–water partition coefficient (Wildman–Crippen LogP) is 4.77. The number of aryl methyl sites for hydroxylation is 2. The number of carbonyl (C=O) groups is 1. The van der Waals surface area contributed by atoms with E-state index in [2.05, 4.69) is 10.3 Å². The van der Waals surface area contributed by atoms with Gasteiger partial charge in [-0.1, -0.05) is 43.7 Å². The quantitative estimate of drug-likeness (QED) is 0.509. The number of anilines is 1. The summed E-state index contributed by atoms with van der Waals surface area (Å²) in [5.74, 6) is -1.54. The zero-order valence-electron chi connectivity index (χ0n) is 18.5. The molecular formula is C23H26FN3O3S2. The number of sulfonamides is 1. The highest BCUT2D eigenvalue weighted by atomic mass is 32.2. The molecule has 6 nitrogen and oxygen atoms in total. The molecule has 1 N–H and O–H groups in total. The van der Waals surface area contributed by atoms with E-state index in [1.807, 2.05) is 38.1 Å². The van der Waals surface area contributed by atoms with Crippen molar-refractivity contribution in [2.24, 2.45) is 0 Å². The second kappa shape index (κ2) is 9.89. The zero-order valence-corrected chi connectivity index (χ0v) is 20.1. The smallest absolute Gasteiger partial charge is 0.260 e. The molecule has 9 heteroatoms. The summed E-state index contributed by atoms with van der Waals surface area (Å²) < 4.78 is 41.1. The first-order chi connectivity index (χ1) is 15.1. The van der Waals surface area contributed by atoms with Crippen molar-refractivity contribution >= 4 is 32.4 Å². The summed E-state index contributed by atoms with van der Waals surface area (Å²) in [5, 5.41) is 2.95. The third kappa shape index (κ3) is 5.23. The van der Waals surface area contributed by atoms with Crippen molar-refractivity contribution in [3.63, 3.8) is 0 Å². The summed E-state index contributed by atoms with van der Waals surface area (Å²) in [6.45, 7) is 7.87. The summed E-state index contributed by atoms with van der Waals surface area (Å²) in [6.07, 6.45) is 0.672. The fourth-order valence-corrected chi connectivity index (χ4v) is 5.73. The molecule has 0 aliphatic rings. The highest BCUT2D eigenvalue weighted by Crippen LogP contribution is 2.27. The molecule has 170 valence electrons. The molecule has 1 heterocycles. The molecule has 0 aliphatic carbocycles. The van der Waals surface area contributed by atoms with Crippen LogP contribution >= 0.6 is 11.3 Å². The lowest BCUT2D eigenvalue weighted by Gasteiger charge is -2.18. The van der Waals surface area contributed by atoms with Gasteiger partial charge in [0.15, 0.2) is 5.13 Å². The number of carbonyl (C=O) groups excluding carboxylic acids is 1. The van der Waals surface area contributed by atoms with Crippen LogP contribution in [0.3, 0.4) is 0 Å². The third-order valence-electron chi connectivity index (χ3n) is 5.12. The number of hydrogen-bond donors (Lipinski definition) is 1. The number of amides is 1. The summed E-state index contributed by atoms with van der Waals surface area (Å²) in [7, 11) is -3.81. The molecule has 0 aliphatic heterocycles. The van der Waals surface area contributed by atoms with Gasteiger partial charge in [-0.3, -0.25) is 10.1 Å². The number of aromatic nitrogens is 1. The molecule has 3 rings (SSSR count). The largest absolute Gasteiger partial charge is 0.298 e. The molecule has 2 aromatic carbocycles. The van der Waals surface area contributed by atoms with E-state index in [0.29, 0.717) is 11.6 Å². The van der Waals surface area contributed by atoms with E-state index < -0.39 is 21.7 Å². The minimum absolute atomic E-state index is 0.122. The molecule has 0 saturated carbocycles. The zero-order chi connectivity index (χ0) is 23.5. The van der Waals surface area contributed by atoms with Gasteiger partial charge in [-0.25, -0.2) is 17.8 Å². The van der Waals surface area contributed by atoms with Crippen LogP contribution in [0.4, 0.5) is 9.52 Å². The Kier molecular flexibility index (Phi) is 7.43. The Morgan fingerprint density at radius 2 is 1.75 bits per heavy atom. The van der Waals surface area contributed by atoms with Gasteiger partial charge in [-0.2, -0.15) is 4.31 Å². The number of benzene rings is 2.